The number of rotatable bonds is 3. The summed E-state index contributed by atoms with van der Waals surface area (Å²) in [6.45, 7) is 8.29. The molecule has 82 valence electrons. The maximum Gasteiger partial charge on any atom is 0.0898 e. The van der Waals surface area contributed by atoms with Crippen molar-refractivity contribution in [1.82, 2.24) is 0 Å². The zero-order valence-electron chi connectivity index (χ0n) is 9.91. The Morgan fingerprint density at radius 1 is 1.40 bits per heavy atom. The highest BCUT2D eigenvalue weighted by Crippen LogP contribution is 2.17. The maximum absolute atomic E-state index is 9.06. The molecule has 1 aromatic rings. The van der Waals surface area contributed by atoms with Gasteiger partial charge in [-0.25, -0.2) is 0 Å². The van der Waals surface area contributed by atoms with Crippen LogP contribution in [0.25, 0.3) is 0 Å². The lowest BCUT2D eigenvalue weighted by Crippen LogP contribution is -2.13. The predicted molar refractivity (Wildman–Crippen MR) is 63.7 cm³/mol. The summed E-state index contributed by atoms with van der Waals surface area (Å²) < 4.78 is 0. The number of benzene rings is 1. The molecule has 0 saturated heterocycles. The van der Waals surface area contributed by atoms with Gasteiger partial charge in [0.25, 0.3) is 0 Å². The van der Waals surface area contributed by atoms with Gasteiger partial charge in [0.05, 0.1) is 5.71 Å². The Bertz CT molecular complexity index is 369. The summed E-state index contributed by atoms with van der Waals surface area (Å²) in [6, 6.07) is 6.20. The first-order chi connectivity index (χ1) is 7.10. The first-order valence-corrected chi connectivity index (χ1v) is 5.39. The van der Waals surface area contributed by atoms with Crippen molar-refractivity contribution >= 4 is 5.71 Å². The number of nitrogens with zero attached hydrogens (tertiary/aromatic N) is 1. The highest BCUT2D eigenvalue weighted by molar-refractivity contribution is 6.02. The molecule has 0 saturated carbocycles. The molecule has 1 aromatic carbocycles. The van der Waals surface area contributed by atoms with Gasteiger partial charge in [-0.1, -0.05) is 42.8 Å². The highest BCUT2D eigenvalue weighted by Gasteiger charge is 2.13. The number of oxime groups is 1. The first-order valence-electron chi connectivity index (χ1n) is 5.39. The quantitative estimate of drug-likeness (QED) is 0.457. The lowest BCUT2D eigenvalue weighted by Gasteiger charge is -2.13. The summed E-state index contributed by atoms with van der Waals surface area (Å²) in [6.07, 6.45) is 0.979. The van der Waals surface area contributed by atoms with Gasteiger partial charge in [-0.15, -0.1) is 0 Å². The van der Waals surface area contributed by atoms with Crippen LogP contribution in [0.15, 0.2) is 23.4 Å². The van der Waals surface area contributed by atoms with E-state index in [4.69, 9.17) is 5.21 Å². The first kappa shape index (κ1) is 11.8. The minimum Gasteiger partial charge on any atom is -0.411 e. The van der Waals surface area contributed by atoms with Crippen molar-refractivity contribution in [1.29, 1.82) is 0 Å². The second kappa shape index (κ2) is 4.96. The van der Waals surface area contributed by atoms with E-state index >= 15 is 0 Å². The Morgan fingerprint density at radius 3 is 2.53 bits per heavy atom. The summed E-state index contributed by atoms with van der Waals surface area (Å²) in [5, 5.41) is 12.5. The molecule has 0 aliphatic carbocycles. The van der Waals surface area contributed by atoms with Gasteiger partial charge < -0.3 is 5.21 Å². The summed E-state index contributed by atoms with van der Waals surface area (Å²) in [7, 11) is 0. The van der Waals surface area contributed by atoms with Gasteiger partial charge in [0.1, 0.15) is 0 Å². The molecule has 0 amide bonds. The second-order valence-electron chi connectivity index (χ2n) is 4.11. The van der Waals surface area contributed by atoms with Crippen molar-refractivity contribution in [2.75, 3.05) is 0 Å². The third-order valence-electron chi connectivity index (χ3n) is 2.84. The van der Waals surface area contributed by atoms with Crippen molar-refractivity contribution in [2.45, 2.75) is 34.1 Å². The van der Waals surface area contributed by atoms with Crippen LogP contribution in [0.3, 0.4) is 0 Å². The summed E-state index contributed by atoms with van der Waals surface area (Å²) in [5.41, 5.74) is 4.24. The number of hydrogen-bond donors (Lipinski definition) is 1. The largest absolute Gasteiger partial charge is 0.411 e. The smallest absolute Gasteiger partial charge is 0.0898 e. The fourth-order valence-corrected chi connectivity index (χ4v) is 1.71. The summed E-state index contributed by atoms with van der Waals surface area (Å²) in [5.74, 6) is 0.288. The zero-order chi connectivity index (χ0) is 11.4. The van der Waals surface area contributed by atoms with Crippen LogP contribution in [0.1, 0.15) is 37.0 Å². The van der Waals surface area contributed by atoms with E-state index in [-0.39, 0.29) is 5.92 Å². The van der Waals surface area contributed by atoms with Crippen molar-refractivity contribution in [3.8, 4) is 0 Å². The molecule has 1 atom stereocenters. The van der Waals surface area contributed by atoms with E-state index in [1.54, 1.807) is 0 Å². The summed E-state index contributed by atoms with van der Waals surface area (Å²) in [4.78, 5) is 0. The van der Waals surface area contributed by atoms with Crippen LogP contribution in [-0.2, 0) is 0 Å². The Morgan fingerprint density at radius 2 is 2.07 bits per heavy atom. The molecule has 0 aliphatic heterocycles. The van der Waals surface area contributed by atoms with Gasteiger partial charge in [-0.2, -0.15) is 0 Å². The molecular weight excluding hydrogens is 186 g/mol. The molecule has 2 nitrogen and oxygen atoms in total. The van der Waals surface area contributed by atoms with Crippen LogP contribution in [0.2, 0.25) is 0 Å². The minimum absolute atomic E-state index is 0.288. The molecule has 0 heterocycles. The van der Waals surface area contributed by atoms with Crippen LogP contribution in [-0.4, -0.2) is 10.9 Å². The molecule has 0 aliphatic rings. The average Bonchev–Trinajstić information content (AvgIpc) is 2.21. The fourth-order valence-electron chi connectivity index (χ4n) is 1.71. The van der Waals surface area contributed by atoms with E-state index in [1.165, 1.54) is 11.1 Å². The Balaban J connectivity index is 3.14. The third-order valence-corrected chi connectivity index (χ3v) is 2.84. The van der Waals surface area contributed by atoms with Gasteiger partial charge in [-0.3, -0.25) is 0 Å². The Hall–Kier alpha value is -1.31. The van der Waals surface area contributed by atoms with Crippen molar-refractivity contribution in [3.63, 3.8) is 0 Å². The van der Waals surface area contributed by atoms with E-state index in [9.17, 15) is 0 Å². The van der Waals surface area contributed by atoms with Gasteiger partial charge in [0, 0.05) is 11.5 Å². The van der Waals surface area contributed by atoms with Crippen molar-refractivity contribution < 1.29 is 5.21 Å². The van der Waals surface area contributed by atoms with Gasteiger partial charge in [-0.05, 0) is 25.8 Å². The molecule has 2 heteroatoms. The molecule has 0 fully saturated rings. The molecule has 15 heavy (non-hydrogen) atoms. The van der Waals surface area contributed by atoms with Crippen LogP contribution in [0, 0.1) is 19.8 Å². The predicted octanol–water partition coefficient (Wildman–Crippen LogP) is 3.53. The van der Waals surface area contributed by atoms with E-state index in [0.29, 0.717) is 0 Å². The van der Waals surface area contributed by atoms with Crippen LogP contribution >= 0.6 is 0 Å². The zero-order valence-corrected chi connectivity index (χ0v) is 9.91. The Labute approximate surface area is 91.6 Å². The maximum atomic E-state index is 9.06. The lowest BCUT2D eigenvalue weighted by molar-refractivity contribution is 0.315. The highest BCUT2D eigenvalue weighted by atomic mass is 16.4. The molecule has 0 spiro atoms. The van der Waals surface area contributed by atoms with Crippen LogP contribution in [0.5, 0.6) is 0 Å². The standard InChI is InChI=1S/C13H19NO/c1-5-10(3)13(14-15)12-7-6-9(2)8-11(12)4/h6-8,10,15H,5H2,1-4H3/b14-13+. The molecule has 0 aromatic heterocycles. The van der Waals surface area contributed by atoms with Gasteiger partial charge in [0.2, 0.25) is 0 Å². The second-order valence-corrected chi connectivity index (χ2v) is 4.11. The van der Waals surface area contributed by atoms with Crippen molar-refractivity contribution in [2.24, 2.45) is 11.1 Å². The van der Waals surface area contributed by atoms with Crippen LogP contribution < -0.4 is 0 Å². The molecule has 1 rings (SSSR count). The summed E-state index contributed by atoms with van der Waals surface area (Å²) >= 11 is 0. The SMILES string of the molecule is CCC(C)/C(=N\O)c1ccc(C)cc1C. The monoisotopic (exact) mass is 205 g/mol. The number of hydrogen-bond acceptors (Lipinski definition) is 2. The van der Waals surface area contributed by atoms with E-state index in [1.807, 2.05) is 6.07 Å². The third kappa shape index (κ3) is 2.58. The van der Waals surface area contributed by atoms with Gasteiger partial charge in [0.15, 0.2) is 0 Å². The van der Waals surface area contributed by atoms with Crippen molar-refractivity contribution in [3.05, 3.63) is 34.9 Å². The van der Waals surface area contributed by atoms with E-state index < -0.39 is 0 Å². The fraction of sp³-hybridized carbons (Fsp3) is 0.462. The van der Waals surface area contributed by atoms with E-state index in [0.717, 1.165) is 17.7 Å². The molecular formula is C13H19NO. The minimum atomic E-state index is 0.288. The van der Waals surface area contributed by atoms with E-state index in [2.05, 4.69) is 45.0 Å². The normalized spacial score (nSPS) is 14.0. The van der Waals surface area contributed by atoms with Crippen LogP contribution in [0.4, 0.5) is 0 Å². The molecule has 0 bridgehead atoms. The van der Waals surface area contributed by atoms with Gasteiger partial charge >= 0.3 is 0 Å². The molecule has 1 N–H and O–H groups in total. The molecule has 1 unspecified atom stereocenters. The topological polar surface area (TPSA) is 32.6 Å². The Kier molecular flexibility index (Phi) is 3.89. The number of aryl methyl sites for hydroxylation is 2. The molecule has 0 radical (unpaired) electrons. The lowest BCUT2D eigenvalue weighted by atomic mass is 9.92. The average molecular weight is 205 g/mol.